The molecule has 1 N–H and O–H groups in total. The normalized spacial score (nSPS) is 19.3. The lowest BCUT2D eigenvalue weighted by Crippen LogP contribution is -2.45. The number of aromatic nitrogens is 4. The zero-order valence-corrected chi connectivity index (χ0v) is 15.7. The monoisotopic (exact) mass is 368 g/mol. The van der Waals surface area contributed by atoms with E-state index in [4.69, 9.17) is 0 Å². The number of carbonyl (C=O) groups excluding carboxylic acids is 2. The molecule has 142 valence electrons. The van der Waals surface area contributed by atoms with Gasteiger partial charge in [0.1, 0.15) is 11.5 Å². The largest absolute Gasteiger partial charge is 0.345 e. The summed E-state index contributed by atoms with van der Waals surface area (Å²) in [4.78, 5) is 39.9. The molecule has 0 bridgehead atoms. The van der Waals surface area contributed by atoms with Crippen molar-refractivity contribution in [1.29, 1.82) is 0 Å². The molecule has 27 heavy (non-hydrogen) atoms. The molecule has 2 amide bonds. The molecule has 3 heterocycles. The van der Waals surface area contributed by atoms with Crippen molar-refractivity contribution in [3.05, 3.63) is 41.5 Å². The van der Waals surface area contributed by atoms with Crippen molar-refractivity contribution < 1.29 is 9.59 Å². The Balaban J connectivity index is 1.43. The van der Waals surface area contributed by atoms with Crippen molar-refractivity contribution >= 4 is 11.8 Å². The number of rotatable bonds is 4. The summed E-state index contributed by atoms with van der Waals surface area (Å²) in [6, 6.07) is -0.114. The highest BCUT2D eigenvalue weighted by Crippen LogP contribution is 2.33. The third-order valence-electron chi connectivity index (χ3n) is 5.46. The van der Waals surface area contributed by atoms with E-state index in [1.165, 1.54) is 0 Å². The number of amides is 2. The highest BCUT2D eigenvalue weighted by molar-refractivity contribution is 5.92. The second-order valence-electron chi connectivity index (χ2n) is 7.34. The van der Waals surface area contributed by atoms with E-state index in [-0.39, 0.29) is 23.8 Å². The minimum absolute atomic E-state index is 0.114. The van der Waals surface area contributed by atoms with Gasteiger partial charge in [0.05, 0.1) is 30.2 Å². The minimum atomic E-state index is -0.247. The molecule has 1 aliphatic heterocycles. The average molecular weight is 368 g/mol. The number of carbonyl (C=O) groups is 2. The number of nitrogens with one attached hydrogen (secondary N) is 1. The lowest BCUT2D eigenvalue weighted by atomic mass is 9.84. The van der Waals surface area contributed by atoms with E-state index in [0.29, 0.717) is 31.0 Å². The van der Waals surface area contributed by atoms with Gasteiger partial charge in [0, 0.05) is 31.4 Å². The maximum atomic E-state index is 12.6. The van der Waals surface area contributed by atoms with Crippen molar-refractivity contribution in [2.75, 3.05) is 6.54 Å². The molecule has 0 radical (unpaired) electrons. The maximum absolute atomic E-state index is 12.6. The Morgan fingerprint density at radius 3 is 2.70 bits per heavy atom. The predicted octanol–water partition coefficient (Wildman–Crippen LogP) is 1.61. The number of hydrogen-bond acceptors (Lipinski definition) is 5. The third kappa shape index (κ3) is 3.43. The molecule has 2 aromatic rings. The van der Waals surface area contributed by atoms with Gasteiger partial charge in [-0.3, -0.25) is 19.6 Å². The van der Waals surface area contributed by atoms with E-state index < -0.39 is 0 Å². The number of fused-ring (bicyclic) bond motifs is 1. The Bertz CT molecular complexity index is 856. The highest BCUT2D eigenvalue weighted by atomic mass is 16.2. The molecular formula is C19H24N6O2. The van der Waals surface area contributed by atoms with Crippen LogP contribution in [0.15, 0.2) is 18.6 Å². The molecule has 1 saturated carbocycles. The summed E-state index contributed by atoms with van der Waals surface area (Å²) in [5.74, 6) is 0.928. The Morgan fingerprint density at radius 2 is 2.04 bits per heavy atom. The number of imidazole rings is 1. The van der Waals surface area contributed by atoms with Gasteiger partial charge in [-0.05, 0) is 26.7 Å². The molecule has 8 nitrogen and oxygen atoms in total. The lowest BCUT2D eigenvalue weighted by molar-refractivity contribution is -0.141. The second kappa shape index (κ2) is 7.09. The predicted molar refractivity (Wildman–Crippen MR) is 97.6 cm³/mol. The van der Waals surface area contributed by atoms with Crippen LogP contribution in [0, 0.1) is 12.8 Å². The first-order valence-electron chi connectivity index (χ1n) is 9.46. The van der Waals surface area contributed by atoms with Gasteiger partial charge < -0.3 is 14.8 Å². The molecule has 2 aliphatic rings. The third-order valence-corrected chi connectivity index (χ3v) is 5.46. The first-order chi connectivity index (χ1) is 13.0. The summed E-state index contributed by atoms with van der Waals surface area (Å²) in [6.07, 6.45) is 8.22. The number of nitrogens with zero attached hydrogens (tertiary/aromatic N) is 5. The van der Waals surface area contributed by atoms with Crippen LogP contribution in [0.3, 0.4) is 0 Å². The Hall–Kier alpha value is -2.77. The number of aryl methyl sites for hydroxylation is 1. The summed E-state index contributed by atoms with van der Waals surface area (Å²) in [5.41, 5.74) is 1.90. The van der Waals surface area contributed by atoms with Gasteiger partial charge in [0.25, 0.3) is 5.91 Å². The van der Waals surface area contributed by atoms with Crippen LogP contribution in [0.1, 0.15) is 59.9 Å². The van der Waals surface area contributed by atoms with E-state index in [1.807, 2.05) is 23.3 Å². The fourth-order valence-corrected chi connectivity index (χ4v) is 3.56. The topological polar surface area (TPSA) is 93.0 Å². The van der Waals surface area contributed by atoms with Crippen molar-refractivity contribution in [2.45, 2.75) is 52.2 Å². The summed E-state index contributed by atoms with van der Waals surface area (Å²) < 4.78 is 1.98. The summed E-state index contributed by atoms with van der Waals surface area (Å²) in [7, 11) is 0. The van der Waals surface area contributed by atoms with Gasteiger partial charge in [-0.15, -0.1) is 0 Å². The zero-order valence-electron chi connectivity index (χ0n) is 15.7. The molecular weight excluding hydrogens is 344 g/mol. The molecule has 1 fully saturated rings. The Labute approximate surface area is 158 Å². The van der Waals surface area contributed by atoms with Gasteiger partial charge in [-0.1, -0.05) is 6.42 Å². The standard InChI is InChI=1S/C19H24N6O2/c1-12-8-21-15(9-20-12)10-22-18(26)16-11-24-6-7-25(13(2)17(24)23-16)19(27)14-4-3-5-14/h8-9,11,13-14H,3-7,10H2,1-2H3,(H,22,26)/t13-/m1/s1. The molecule has 1 aliphatic carbocycles. The quantitative estimate of drug-likeness (QED) is 0.885. The Morgan fingerprint density at radius 1 is 1.22 bits per heavy atom. The molecule has 0 saturated heterocycles. The maximum Gasteiger partial charge on any atom is 0.271 e. The first-order valence-corrected chi connectivity index (χ1v) is 9.46. The fraction of sp³-hybridized carbons (Fsp3) is 0.526. The molecule has 0 aromatic carbocycles. The SMILES string of the molecule is Cc1cnc(CNC(=O)c2cn3c(n2)[C@@H](C)N(C(=O)C2CCC2)CC3)cn1. The molecule has 0 spiro atoms. The van der Waals surface area contributed by atoms with Crippen LogP contribution in [-0.2, 0) is 17.9 Å². The van der Waals surface area contributed by atoms with E-state index in [2.05, 4.69) is 20.3 Å². The highest BCUT2D eigenvalue weighted by Gasteiger charge is 2.36. The van der Waals surface area contributed by atoms with Crippen LogP contribution in [0.2, 0.25) is 0 Å². The van der Waals surface area contributed by atoms with E-state index in [9.17, 15) is 9.59 Å². The van der Waals surface area contributed by atoms with Gasteiger partial charge in [0.15, 0.2) is 0 Å². The first kappa shape index (κ1) is 17.6. The van der Waals surface area contributed by atoms with Gasteiger partial charge in [-0.25, -0.2) is 4.98 Å². The molecule has 1 atom stereocenters. The molecule has 4 rings (SSSR count). The average Bonchev–Trinajstić information content (AvgIpc) is 3.05. The van der Waals surface area contributed by atoms with Crippen LogP contribution in [0.4, 0.5) is 0 Å². The van der Waals surface area contributed by atoms with E-state index >= 15 is 0 Å². The molecule has 2 aromatic heterocycles. The fourth-order valence-electron chi connectivity index (χ4n) is 3.56. The smallest absolute Gasteiger partial charge is 0.271 e. The lowest BCUT2D eigenvalue weighted by Gasteiger charge is -2.38. The minimum Gasteiger partial charge on any atom is -0.345 e. The van der Waals surface area contributed by atoms with Gasteiger partial charge in [-0.2, -0.15) is 0 Å². The Kier molecular flexibility index (Phi) is 4.63. The molecule has 8 heteroatoms. The summed E-state index contributed by atoms with van der Waals surface area (Å²) >= 11 is 0. The zero-order chi connectivity index (χ0) is 19.0. The van der Waals surface area contributed by atoms with Crippen molar-refractivity contribution in [2.24, 2.45) is 5.92 Å². The van der Waals surface area contributed by atoms with Crippen molar-refractivity contribution in [1.82, 2.24) is 29.7 Å². The van der Waals surface area contributed by atoms with Gasteiger partial charge >= 0.3 is 0 Å². The summed E-state index contributed by atoms with van der Waals surface area (Å²) in [5, 5.41) is 2.83. The van der Waals surface area contributed by atoms with Crippen LogP contribution < -0.4 is 5.32 Å². The number of hydrogen-bond donors (Lipinski definition) is 1. The van der Waals surface area contributed by atoms with Crippen LogP contribution in [-0.4, -0.2) is 42.8 Å². The summed E-state index contributed by atoms with van der Waals surface area (Å²) in [6.45, 7) is 5.49. The second-order valence-corrected chi connectivity index (χ2v) is 7.34. The van der Waals surface area contributed by atoms with Gasteiger partial charge in [0.2, 0.25) is 5.91 Å². The van der Waals surface area contributed by atoms with Crippen molar-refractivity contribution in [3.63, 3.8) is 0 Å². The van der Waals surface area contributed by atoms with Crippen LogP contribution in [0.25, 0.3) is 0 Å². The van der Waals surface area contributed by atoms with E-state index in [0.717, 1.165) is 30.8 Å². The van der Waals surface area contributed by atoms with E-state index in [1.54, 1.807) is 18.6 Å². The van der Waals surface area contributed by atoms with Crippen LogP contribution >= 0.6 is 0 Å². The van der Waals surface area contributed by atoms with Crippen molar-refractivity contribution in [3.8, 4) is 0 Å². The molecule has 0 unspecified atom stereocenters. The van der Waals surface area contributed by atoms with Crippen LogP contribution in [0.5, 0.6) is 0 Å².